The fourth-order valence-corrected chi connectivity index (χ4v) is 3.08. The lowest BCUT2D eigenvalue weighted by atomic mass is 10.0. The average Bonchev–Trinajstić information content (AvgIpc) is 2.96. The molecule has 2 aromatic rings. The van der Waals surface area contributed by atoms with Gasteiger partial charge in [0.25, 0.3) is 5.91 Å². The van der Waals surface area contributed by atoms with Crippen molar-refractivity contribution in [3.8, 4) is 5.88 Å². The molecule has 25 heavy (non-hydrogen) atoms. The van der Waals surface area contributed by atoms with Crippen molar-refractivity contribution in [1.29, 1.82) is 0 Å². The first kappa shape index (κ1) is 17.4. The molecule has 1 aromatic carbocycles. The van der Waals surface area contributed by atoms with E-state index in [9.17, 15) is 14.3 Å². The van der Waals surface area contributed by atoms with Gasteiger partial charge in [-0.15, -0.1) is 0 Å². The summed E-state index contributed by atoms with van der Waals surface area (Å²) in [6.45, 7) is 3.97. The Kier molecular flexibility index (Phi) is 4.99. The summed E-state index contributed by atoms with van der Waals surface area (Å²) >= 11 is 0. The first-order valence-corrected chi connectivity index (χ1v) is 8.31. The van der Waals surface area contributed by atoms with Gasteiger partial charge in [0.1, 0.15) is 5.82 Å². The topological polar surface area (TPSA) is 62.7 Å². The highest BCUT2D eigenvalue weighted by atomic mass is 19.1. The second kappa shape index (κ2) is 7.19. The molecule has 0 aliphatic carbocycles. The van der Waals surface area contributed by atoms with Crippen LogP contribution in [0.15, 0.2) is 42.6 Å². The molecule has 3 rings (SSSR count). The van der Waals surface area contributed by atoms with Crippen LogP contribution in [-0.2, 0) is 0 Å². The smallest absolute Gasteiger partial charge is 0.254 e. The third-order valence-corrected chi connectivity index (χ3v) is 4.11. The number of ether oxygens (including phenoxy) is 1. The molecule has 0 bridgehead atoms. The Hall–Kier alpha value is -2.47. The van der Waals surface area contributed by atoms with Gasteiger partial charge in [-0.25, -0.2) is 9.37 Å². The second-order valence-electron chi connectivity index (χ2n) is 6.47. The number of nitrogens with zero attached hydrogens (tertiary/aromatic N) is 2. The van der Waals surface area contributed by atoms with Crippen LogP contribution in [-0.4, -0.2) is 39.7 Å². The number of amides is 1. The van der Waals surface area contributed by atoms with Crippen molar-refractivity contribution in [1.82, 2.24) is 9.88 Å². The maximum Gasteiger partial charge on any atom is 0.254 e. The van der Waals surface area contributed by atoms with Crippen LogP contribution in [0.4, 0.5) is 4.39 Å². The van der Waals surface area contributed by atoms with Gasteiger partial charge in [-0.1, -0.05) is 12.1 Å². The van der Waals surface area contributed by atoms with Crippen LogP contribution in [0.25, 0.3) is 0 Å². The SMILES string of the molecule is CC(C)Oc1cc(C(=O)N2C[C@H](O)C[C@@H]2c2cccc(F)c2)ccn1. The van der Waals surface area contributed by atoms with Gasteiger partial charge < -0.3 is 14.7 Å². The molecule has 2 heterocycles. The van der Waals surface area contributed by atoms with Crippen LogP contribution in [0.5, 0.6) is 5.88 Å². The lowest BCUT2D eigenvalue weighted by molar-refractivity contribution is 0.0714. The fraction of sp³-hybridized carbons (Fsp3) is 0.368. The first-order valence-electron chi connectivity index (χ1n) is 8.31. The number of benzene rings is 1. The zero-order valence-corrected chi connectivity index (χ0v) is 14.2. The van der Waals surface area contributed by atoms with E-state index in [4.69, 9.17) is 4.74 Å². The molecule has 0 radical (unpaired) electrons. The minimum atomic E-state index is -0.634. The number of aliphatic hydroxyl groups is 1. The fourth-order valence-electron chi connectivity index (χ4n) is 3.08. The van der Waals surface area contributed by atoms with Crippen molar-refractivity contribution in [2.75, 3.05) is 6.54 Å². The third-order valence-electron chi connectivity index (χ3n) is 4.11. The number of rotatable bonds is 4. The predicted molar refractivity (Wildman–Crippen MR) is 90.8 cm³/mol. The molecule has 6 heteroatoms. The minimum Gasteiger partial charge on any atom is -0.475 e. The number of carbonyl (C=O) groups excluding carboxylic acids is 1. The largest absolute Gasteiger partial charge is 0.475 e. The van der Waals surface area contributed by atoms with E-state index in [2.05, 4.69) is 4.98 Å². The molecule has 0 saturated carbocycles. The van der Waals surface area contributed by atoms with E-state index in [1.807, 2.05) is 13.8 Å². The summed E-state index contributed by atoms with van der Waals surface area (Å²) in [5.74, 6) is -0.215. The number of aromatic nitrogens is 1. The standard InChI is InChI=1S/C19H21FN2O3/c1-12(2)25-18-9-14(6-7-21-18)19(24)22-11-16(23)10-17(22)13-4-3-5-15(20)8-13/h3-9,12,16-17,23H,10-11H2,1-2H3/t16-,17-/m1/s1. The Bertz CT molecular complexity index is 766. The summed E-state index contributed by atoms with van der Waals surface area (Å²) in [5, 5.41) is 10.0. The van der Waals surface area contributed by atoms with E-state index in [1.165, 1.54) is 18.3 Å². The van der Waals surface area contributed by atoms with E-state index in [1.54, 1.807) is 29.2 Å². The van der Waals surface area contributed by atoms with E-state index in [0.29, 0.717) is 23.4 Å². The van der Waals surface area contributed by atoms with Crippen LogP contribution in [0.1, 0.15) is 42.2 Å². The van der Waals surface area contributed by atoms with Crippen LogP contribution in [0.3, 0.4) is 0 Å². The van der Waals surface area contributed by atoms with Crippen LogP contribution in [0, 0.1) is 5.82 Å². The van der Waals surface area contributed by atoms with E-state index in [-0.39, 0.29) is 30.4 Å². The van der Waals surface area contributed by atoms with Crippen LogP contribution < -0.4 is 4.74 Å². The molecular weight excluding hydrogens is 323 g/mol. The Labute approximate surface area is 146 Å². The summed E-state index contributed by atoms with van der Waals surface area (Å²) in [5.41, 5.74) is 1.11. The highest BCUT2D eigenvalue weighted by Crippen LogP contribution is 2.33. The molecule has 0 unspecified atom stereocenters. The second-order valence-corrected chi connectivity index (χ2v) is 6.47. The first-order chi connectivity index (χ1) is 11.9. The zero-order valence-electron chi connectivity index (χ0n) is 14.2. The predicted octanol–water partition coefficient (Wildman–Crippen LogP) is 2.96. The number of halogens is 1. The molecule has 1 fully saturated rings. The van der Waals surface area contributed by atoms with Gasteiger partial charge in [0.2, 0.25) is 5.88 Å². The Balaban J connectivity index is 1.87. The summed E-state index contributed by atoms with van der Waals surface area (Å²) in [6, 6.07) is 8.99. The van der Waals surface area contributed by atoms with Crippen molar-refractivity contribution < 1.29 is 19.0 Å². The summed E-state index contributed by atoms with van der Waals surface area (Å²) in [7, 11) is 0. The third kappa shape index (κ3) is 3.96. The van der Waals surface area contributed by atoms with Crippen molar-refractivity contribution in [2.45, 2.75) is 38.5 Å². The molecule has 5 nitrogen and oxygen atoms in total. The van der Waals surface area contributed by atoms with Gasteiger partial charge in [-0.3, -0.25) is 4.79 Å². The molecule has 2 atom stereocenters. The number of hydrogen-bond donors (Lipinski definition) is 1. The van der Waals surface area contributed by atoms with Crippen LogP contribution in [0.2, 0.25) is 0 Å². The molecule has 1 saturated heterocycles. The Morgan fingerprint density at radius 1 is 1.36 bits per heavy atom. The Morgan fingerprint density at radius 3 is 2.88 bits per heavy atom. The molecule has 1 aliphatic heterocycles. The number of pyridine rings is 1. The van der Waals surface area contributed by atoms with E-state index in [0.717, 1.165) is 0 Å². The number of carbonyl (C=O) groups is 1. The molecule has 1 amide bonds. The molecule has 0 spiro atoms. The minimum absolute atomic E-state index is 0.0495. The van der Waals surface area contributed by atoms with Gasteiger partial charge in [0.05, 0.1) is 18.2 Å². The summed E-state index contributed by atoms with van der Waals surface area (Å²) in [6.07, 6.45) is 1.22. The molecular formula is C19H21FN2O3. The lowest BCUT2D eigenvalue weighted by Crippen LogP contribution is -2.31. The monoisotopic (exact) mass is 344 g/mol. The normalized spacial score (nSPS) is 20.1. The zero-order chi connectivity index (χ0) is 18.0. The molecule has 1 aliphatic rings. The summed E-state index contributed by atoms with van der Waals surface area (Å²) in [4.78, 5) is 18.6. The quantitative estimate of drug-likeness (QED) is 0.926. The molecule has 1 N–H and O–H groups in total. The average molecular weight is 344 g/mol. The maximum atomic E-state index is 13.6. The number of β-amino-alcohol motifs (C(OH)–C–C–N with tert-alkyl or cyclic N) is 1. The van der Waals surface area contributed by atoms with Crippen molar-refractivity contribution in [2.24, 2.45) is 0 Å². The van der Waals surface area contributed by atoms with E-state index < -0.39 is 6.10 Å². The van der Waals surface area contributed by atoms with Crippen molar-refractivity contribution in [3.05, 3.63) is 59.5 Å². The summed E-state index contributed by atoms with van der Waals surface area (Å²) < 4.78 is 19.1. The van der Waals surface area contributed by atoms with Gasteiger partial charge >= 0.3 is 0 Å². The van der Waals surface area contributed by atoms with Crippen molar-refractivity contribution >= 4 is 5.91 Å². The molecule has 1 aromatic heterocycles. The van der Waals surface area contributed by atoms with Gasteiger partial charge in [0.15, 0.2) is 0 Å². The maximum absolute atomic E-state index is 13.6. The number of likely N-dealkylation sites (tertiary alicyclic amines) is 1. The highest BCUT2D eigenvalue weighted by molar-refractivity contribution is 5.95. The van der Waals surface area contributed by atoms with Crippen molar-refractivity contribution in [3.63, 3.8) is 0 Å². The lowest BCUT2D eigenvalue weighted by Gasteiger charge is -2.25. The van der Waals surface area contributed by atoms with E-state index >= 15 is 0 Å². The van der Waals surface area contributed by atoms with Crippen LogP contribution >= 0.6 is 0 Å². The van der Waals surface area contributed by atoms with Gasteiger partial charge in [-0.05, 0) is 44.0 Å². The molecule has 132 valence electrons. The Morgan fingerprint density at radius 2 is 2.16 bits per heavy atom. The number of aliphatic hydroxyl groups excluding tert-OH is 1. The number of hydrogen-bond acceptors (Lipinski definition) is 4. The van der Waals surface area contributed by atoms with Gasteiger partial charge in [0, 0.05) is 24.4 Å². The van der Waals surface area contributed by atoms with Gasteiger partial charge in [-0.2, -0.15) is 0 Å². The highest BCUT2D eigenvalue weighted by Gasteiger charge is 2.36.